The van der Waals surface area contributed by atoms with Crippen molar-refractivity contribution >= 4 is 33.0 Å². The van der Waals surface area contributed by atoms with Crippen molar-refractivity contribution in [1.29, 1.82) is 0 Å². The SMILES string of the molecule is CN1C[C@H](C#CC#Cc2cc3c(s2)C(=O)N(CCC(C)(C(=O)NO)S(C)(=O)=O)C3)[C@H]1CF. The first kappa shape index (κ1) is 24.2. The van der Waals surface area contributed by atoms with Crippen LogP contribution in [0.5, 0.6) is 0 Å². The van der Waals surface area contributed by atoms with Crippen LogP contribution in [0, 0.1) is 29.6 Å². The van der Waals surface area contributed by atoms with Crippen LogP contribution >= 0.6 is 11.3 Å². The molecule has 0 spiro atoms. The summed E-state index contributed by atoms with van der Waals surface area (Å²) in [6.45, 7) is 1.82. The number of carbonyl (C=O) groups excluding carboxylic acids is 2. The first-order valence-electron chi connectivity index (χ1n) is 9.85. The molecular weight excluding hydrogens is 457 g/mol. The minimum absolute atomic E-state index is 0.0201. The molecule has 1 aromatic rings. The molecule has 11 heteroatoms. The van der Waals surface area contributed by atoms with Gasteiger partial charge >= 0.3 is 0 Å². The maximum atomic E-state index is 12.9. The molecule has 1 fully saturated rings. The number of hydrogen-bond donors (Lipinski definition) is 2. The Morgan fingerprint density at radius 3 is 2.72 bits per heavy atom. The molecule has 0 aliphatic carbocycles. The summed E-state index contributed by atoms with van der Waals surface area (Å²) in [7, 11) is -1.98. The van der Waals surface area contributed by atoms with E-state index in [1.54, 1.807) is 6.07 Å². The Morgan fingerprint density at radius 2 is 2.16 bits per heavy atom. The minimum Gasteiger partial charge on any atom is -0.333 e. The van der Waals surface area contributed by atoms with Gasteiger partial charge in [0.25, 0.3) is 11.8 Å². The van der Waals surface area contributed by atoms with Crippen LogP contribution in [0.3, 0.4) is 0 Å². The van der Waals surface area contributed by atoms with E-state index in [0.29, 0.717) is 9.75 Å². The standard InChI is InChI=1S/C21H24FN3O5S2/c1-21(20(27)23-28,32(3,29)30)8-9-25-13-15-10-16(31-18(15)19(25)26)7-5-4-6-14-12-24(2)17(14)11-22/h10,14,17,28H,8-9,11-13H2,1-3H3,(H,23,27)/t14-,17+,21?/m0/s1. The molecular formula is C21H24FN3O5S2. The predicted molar refractivity (Wildman–Crippen MR) is 117 cm³/mol. The molecule has 0 radical (unpaired) electrons. The highest BCUT2D eigenvalue weighted by Gasteiger charge is 2.44. The van der Waals surface area contributed by atoms with Gasteiger partial charge in [-0.15, -0.1) is 11.3 Å². The van der Waals surface area contributed by atoms with Crippen molar-refractivity contribution in [3.63, 3.8) is 0 Å². The van der Waals surface area contributed by atoms with Crippen molar-refractivity contribution in [2.45, 2.75) is 30.7 Å². The Morgan fingerprint density at radius 1 is 1.44 bits per heavy atom. The first-order chi connectivity index (χ1) is 15.0. The number of carbonyl (C=O) groups is 2. The summed E-state index contributed by atoms with van der Waals surface area (Å²) in [5.41, 5.74) is 2.18. The largest absolute Gasteiger partial charge is 0.333 e. The van der Waals surface area contributed by atoms with E-state index in [9.17, 15) is 22.4 Å². The average Bonchev–Trinajstić information content (AvgIpc) is 3.25. The molecule has 2 N–H and O–H groups in total. The molecule has 1 saturated heterocycles. The zero-order chi connectivity index (χ0) is 23.7. The van der Waals surface area contributed by atoms with Crippen molar-refractivity contribution < 1.29 is 27.6 Å². The number of thiophene rings is 1. The van der Waals surface area contributed by atoms with Gasteiger partial charge in [-0.2, -0.15) is 0 Å². The van der Waals surface area contributed by atoms with Gasteiger partial charge in [-0.1, -0.05) is 5.92 Å². The van der Waals surface area contributed by atoms with Crippen LogP contribution < -0.4 is 5.48 Å². The highest BCUT2D eigenvalue weighted by Crippen LogP contribution is 2.32. The fourth-order valence-electron chi connectivity index (χ4n) is 3.65. The van der Waals surface area contributed by atoms with Gasteiger partial charge in [0.05, 0.1) is 21.7 Å². The van der Waals surface area contributed by atoms with E-state index in [2.05, 4.69) is 23.7 Å². The Kier molecular flexibility index (Phi) is 6.96. The third-order valence-electron chi connectivity index (χ3n) is 6.09. The zero-order valence-corrected chi connectivity index (χ0v) is 19.6. The third kappa shape index (κ3) is 4.52. The predicted octanol–water partition coefficient (Wildman–Crippen LogP) is 0.657. The maximum absolute atomic E-state index is 12.9. The molecule has 1 unspecified atom stereocenters. The number of nitrogens with zero attached hydrogens (tertiary/aromatic N) is 2. The number of halogens is 1. The maximum Gasteiger partial charge on any atom is 0.264 e. The molecule has 0 aromatic carbocycles. The summed E-state index contributed by atoms with van der Waals surface area (Å²) in [5.74, 6) is 10.1. The molecule has 8 nitrogen and oxygen atoms in total. The smallest absolute Gasteiger partial charge is 0.264 e. The van der Waals surface area contributed by atoms with Crippen LogP contribution in [0.4, 0.5) is 4.39 Å². The quantitative estimate of drug-likeness (QED) is 0.351. The number of likely N-dealkylation sites (tertiary alicyclic amines) is 1. The van der Waals surface area contributed by atoms with Crippen LogP contribution in [0.2, 0.25) is 0 Å². The van der Waals surface area contributed by atoms with Gasteiger partial charge in [0.1, 0.15) is 6.67 Å². The fraction of sp³-hybridized carbons (Fsp3) is 0.524. The van der Waals surface area contributed by atoms with E-state index in [-0.39, 0.29) is 37.4 Å². The van der Waals surface area contributed by atoms with Gasteiger partial charge in [-0.05, 0) is 49.8 Å². The van der Waals surface area contributed by atoms with Crippen LogP contribution in [0.15, 0.2) is 6.07 Å². The van der Waals surface area contributed by atoms with Gasteiger partial charge in [-0.3, -0.25) is 19.7 Å². The lowest BCUT2D eigenvalue weighted by molar-refractivity contribution is -0.131. The Labute approximate surface area is 190 Å². The topological polar surface area (TPSA) is 107 Å². The van der Waals surface area contributed by atoms with E-state index in [1.807, 2.05) is 11.9 Å². The first-order valence-corrected chi connectivity index (χ1v) is 12.6. The number of rotatable bonds is 6. The Bertz CT molecular complexity index is 1160. The number of nitrogens with one attached hydrogen (secondary N) is 1. The molecule has 0 saturated carbocycles. The van der Waals surface area contributed by atoms with Gasteiger partial charge < -0.3 is 4.90 Å². The van der Waals surface area contributed by atoms with Gasteiger partial charge in [0, 0.05) is 25.9 Å². The zero-order valence-electron chi connectivity index (χ0n) is 17.9. The summed E-state index contributed by atoms with van der Waals surface area (Å²) < 4.78 is 35.2. The number of fused-ring (bicyclic) bond motifs is 1. The monoisotopic (exact) mass is 481 g/mol. The van der Waals surface area contributed by atoms with E-state index in [0.717, 1.165) is 18.4 Å². The highest BCUT2D eigenvalue weighted by molar-refractivity contribution is 7.92. The average molecular weight is 482 g/mol. The normalized spacial score (nSPS) is 22.0. The second-order valence-electron chi connectivity index (χ2n) is 8.17. The summed E-state index contributed by atoms with van der Waals surface area (Å²) in [6, 6.07) is 1.62. The number of alkyl halides is 1. The summed E-state index contributed by atoms with van der Waals surface area (Å²) in [5, 5.41) is 8.91. The number of sulfone groups is 1. The lowest BCUT2D eigenvalue weighted by atomic mass is 9.91. The van der Waals surface area contributed by atoms with Crippen molar-refractivity contribution in [1.82, 2.24) is 15.3 Å². The minimum atomic E-state index is -3.83. The van der Waals surface area contributed by atoms with Crippen molar-refractivity contribution in [2.24, 2.45) is 5.92 Å². The van der Waals surface area contributed by atoms with Crippen LogP contribution in [-0.2, 0) is 21.2 Å². The van der Waals surface area contributed by atoms with E-state index >= 15 is 0 Å². The Hall–Kier alpha value is -2.44. The van der Waals surface area contributed by atoms with Crippen molar-refractivity contribution in [3.05, 3.63) is 21.4 Å². The van der Waals surface area contributed by atoms with Crippen LogP contribution in [0.25, 0.3) is 0 Å². The number of hydroxylamine groups is 1. The molecule has 0 bridgehead atoms. The van der Waals surface area contributed by atoms with Crippen molar-refractivity contribution in [2.75, 3.05) is 33.1 Å². The summed E-state index contributed by atoms with van der Waals surface area (Å²) >= 11 is 1.23. The molecule has 32 heavy (non-hydrogen) atoms. The molecule has 172 valence electrons. The highest BCUT2D eigenvalue weighted by atomic mass is 32.2. The van der Waals surface area contributed by atoms with Crippen LogP contribution in [0.1, 0.15) is 33.5 Å². The molecule has 3 heterocycles. The number of amides is 2. The fourth-order valence-corrected chi connectivity index (χ4v) is 5.49. The molecule has 2 aliphatic heterocycles. The van der Waals surface area contributed by atoms with E-state index < -0.39 is 27.2 Å². The van der Waals surface area contributed by atoms with E-state index in [1.165, 1.54) is 28.6 Å². The summed E-state index contributed by atoms with van der Waals surface area (Å²) in [4.78, 5) is 29.2. The second-order valence-corrected chi connectivity index (χ2v) is 11.7. The van der Waals surface area contributed by atoms with Gasteiger partial charge in [0.2, 0.25) is 0 Å². The molecule has 3 atom stereocenters. The molecule has 1 aromatic heterocycles. The second kappa shape index (κ2) is 9.20. The van der Waals surface area contributed by atoms with Crippen LogP contribution in [-0.4, -0.2) is 79.1 Å². The lowest BCUT2D eigenvalue weighted by Gasteiger charge is -2.41. The number of hydrogen-bond acceptors (Lipinski definition) is 7. The third-order valence-corrected chi connectivity index (χ3v) is 9.20. The molecule has 2 amide bonds. The lowest BCUT2D eigenvalue weighted by Crippen LogP contribution is -2.54. The van der Waals surface area contributed by atoms with Gasteiger partial charge in [-0.25, -0.2) is 18.3 Å². The Balaban J connectivity index is 1.63. The molecule has 2 aliphatic rings. The van der Waals surface area contributed by atoms with Crippen molar-refractivity contribution in [3.8, 4) is 23.7 Å². The van der Waals surface area contributed by atoms with Gasteiger partial charge in [0.15, 0.2) is 14.6 Å². The molecule has 3 rings (SSSR count). The summed E-state index contributed by atoms with van der Waals surface area (Å²) in [6.07, 6.45) is 0.761. The van der Waals surface area contributed by atoms with E-state index in [4.69, 9.17) is 5.21 Å².